The predicted octanol–water partition coefficient (Wildman–Crippen LogP) is 4.52. The lowest BCUT2D eigenvalue weighted by molar-refractivity contribution is -0.554. The minimum atomic E-state index is -1.22. The predicted molar refractivity (Wildman–Crippen MR) is 79.0 cm³/mol. The summed E-state index contributed by atoms with van der Waals surface area (Å²) >= 11 is 0. The van der Waals surface area contributed by atoms with Crippen molar-refractivity contribution in [3.63, 3.8) is 0 Å². The van der Waals surface area contributed by atoms with Crippen molar-refractivity contribution in [3.8, 4) is 0 Å². The van der Waals surface area contributed by atoms with Crippen LogP contribution in [0.3, 0.4) is 0 Å². The molecule has 0 aromatic carbocycles. The van der Waals surface area contributed by atoms with E-state index in [2.05, 4.69) is 19.9 Å². The highest BCUT2D eigenvalue weighted by atomic mass is 17.6. The molecule has 0 spiro atoms. The van der Waals surface area contributed by atoms with Crippen LogP contribution in [0.15, 0.2) is 0 Å². The van der Waals surface area contributed by atoms with Crippen molar-refractivity contribution >= 4 is 6.16 Å². The first-order valence-electron chi connectivity index (χ1n) is 7.52. The van der Waals surface area contributed by atoms with Crippen molar-refractivity contribution in [1.82, 2.24) is 0 Å². The molecule has 0 aliphatic heterocycles. The summed E-state index contributed by atoms with van der Waals surface area (Å²) in [7, 11) is 0. The molecule has 0 fully saturated rings. The molecule has 132 valence electrons. The molecular weight excluding hydrogens is 292 g/mol. The van der Waals surface area contributed by atoms with Gasteiger partial charge in [-0.3, -0.25) is 0 Å². The largest absolute Gasteiger partial charge is 0.577 e. The zero-order valence-electron chi connectivity index (χ0n) is 14.9. The molecule has 7 heteroatoms. The van der Waals surface area contributed by atoms with Gasteiger partial charge in [-0.05, 0) is 62.4 Å². The first-order chi connectivity index (χ1) is 9.93. The van der Waals surface area contributed by atoms with Crippen molar-refractivity contribution in [2.75, 3.05) is 0 Å². The van der Waals surface area contributed by atoms with E-state index < -0.39 is 17.4 Å². The van der Waals surface area contributed by atoms with E-state index in [-0.39, 0.29) is 0 Å². The molecule has 0 saturated heterocycles. The van der Waals surface area contributed by atoms with Crippen LogP contribution in [0.25, 0.3) is 0 Å². The Bertz CT molecular complexity index is 294. The summed E-state index contributed by atoms with van der Waals surface area (Å²) in [5.74, 6) is 0.816. The Labute approximate surface area is 132 Å². The topological polar surface area (TPSA) is 72.5 Å². The van der Waals surface area contributed by atoms with Gasteiger partial charge in [0.2, 0.25) is 0 Å². The van der Waals surface area contributed by atoms with E-state index in [0.29, 0.717) is 11.8 Å². The van der Waals surface area contributed by atoms with Crippen molar-refractivity contribution in [1.29, 1.82) is 0 Å². The molecule has 0 rings (SSSR count). The summed E-state index contributed by atoms with van der Waals surface area (Å²) in [6.45, 7) is 15.4. The molecule has 0 aromatic rings. The Kier molecular flexibility index (Phi) is 8.92. The van der Waals surface area contributed by atoms with E-state index in [4.69, 9.17) is 9.78 Å². The SMILES string of the molecule is CC(C)CC(C)(C)OOOC(=O)OOOC(C)(C)CC(C)C. The van der Waals surface area contributed by atoms with Crippen molar-refractivity contribution < 1.29 is 34.4 Å². The molecule has 0 bridgehead atoms. The van der Waals surface area contributed by atoms with Crippen LogP contribution in [0, 0.1) is 11.8 Å². The van der Waals surface area contributed by atoms with Gasteiger partial charge in [-0.2, -0.15) is 14.6 Å². The van der Waals surface area contributed by atoms with Crippen LogP contribution in [-0.2, 0) is 29.6 Å². The van der Waals surface area contributed by atoms with Crippen LogP contribution in [0.1, 0.15) is 68.2 Å². The highest BCUT2D eigenvalue weighted by Crippen LogP contribution is 2.21. The highest BCUT2D eigenvalue weighted by molar-refractivity contribution is 5.57. The van der Waals surface area contributed by atoms with Gasteiger partial charge >= 0.3 is 6.16 Å². The average molecular weight is 322 g/mol. The van der Waals surface area contributed by atoms with Gasteiger partial charge in [0.1, 0.15) is 11.2 Å². The molecule has 0 radical (unpaired) electrons. The van der Waals surface area contributed by atoms with Crippen molar-refractivity contribution in [3.05, 3.63) is 0 Å². The fourth-order valence-electron chi connectivity index (χ4n) is 2.32. The van der Waals surface area contributed by atoms with Gasteiger partial charge in [0.05, 0.1) is 0 Å². The van der Waals surface area contributed by atoms with Gasteiger partial charge in [-0.15, -0.1) is 0 Å². The molecule has 7 nitrogen and oxygen atoms in total. The number of rotatable bonds is 10. The van der Waals surface area contributed by atoms with Crippen molar-refractivity contribution in [2.45, 2.75) is 79.4 Å². The number of hydrogen-bond acceptors (Lipinski definition) is 7. The molecule has 0 atom stereocenters. The lowest BCUT2D eigenvalue weighted by Gasteiger charge is -2.24. The summed E-state index contributed by atoms with van der Waals surface area (Å²) in [6, 6.07) is 0. The van der Waals surface area contributed by atoms with Crippen LogP contribution >= 0.6 is 0 Å². The Balaban J connectivity index is 3.88. The molecule has 0 aliphatic carbocycles. The van der Waals surface area contributed by atoms with Gasteiger partial charge in [-0.1, -0.05) is 27.7 Å². The zero-order valence-corrected chi connectivity index (χ0v) is 14.9. The normalized spacial score (nSPS) is 12.8. The van der Waals surface area contributed by atoms with Gasteiger partial charge in [0.25, 0.3) is 0 Å². The lowest BCUT2D eigenvalue weighted by Crippen LogP contribution is -2.28. The molecule has 0 heterocycles. The van der Waals surface area contributed by atoms with E-state index >= 15 is 0 Å². The standard InChI is InChI=1S/C15H30O7/c1-11(2)9-14(5,6)19-21-17-13(16)18-22-20-15(7,8)10-12(3)4/h11-12H,9-10H2,1-8H3. The quantitative estimate of drug-likeness (QED) is 0.432. The van der Waals surface area contributed by atoms with E-state index in [0.717, 1.165) is 12.8 Å². The summed E-state index contributed by atoms with van der Waals surface area (Å²) in [6.07, 6.45) is 0.240. The third-order valence-corrected chi connectivity index (χ3v) is 2.52. The lowest BCUT2D eigenvalue weighted by atomic mass is 9.97. The second kappa shape index (κ2) is 9.29. The molecule has 22 heavy (non-hydrogen) atoms. The summed E-state index contributed by atoms with van der Waals surface area (Å²) in [4.78, 5) is 29.7. The van der Waals surface area contributed by atoms with Crippen LogP contribution in [0.4, 0.5) is 4.79 Å². The maximum Gasteiger partial charge on any atom is 0.577 e. The fraction of sp³-hybridized carbons (Fsp3) is 0.933. The van der Waals surface area contributed by atoms with Crippen LogP contribution in [0.2, 0.25) is 0 Å². The number of carbonyl (C=O) groups is 1. The monoisotopic (exact) mass is 322 g/mol. The van der Waals surface area contributed by atoms with E-state index in [1.165, 1.54) is 0 Å². The van der Waals surface area contributed by atoms with E-state index in [1.807, 2.05) is 55.4 Å². The Morgan fingerprint density at radius 2 is 1.09 bits per heavy atom. The molecule has 0 aromatic heterocycles. The van der Waals surface area contributed by atoms with Crippen molar-refractivity contribution in [2.24, 2.45) is 11.8 Å². The Morgan fingerprint density at radius 1 is 0.773 bits per heavy atom. The molecule has 0 aliphatic rings. The minimum absolute atomic E-state index is 0.408. The molecule has 0 N–H and O–H groups in total. The van der Waals surface area contributed by atoms with Gasteiger partial charge in [0, 0.05) is 0 Å². The second-order valence-electron chi connectivity index (χ2n) is 7.43. The van der Waals surface area contributed by atoms with Gasteiger partial charge in [0.15, 0.2) is 0 Å². The molecule has 0 saturated carbocycles. The Morgan fingerprint density at radius 3 is 1.36 bits per heavy atom. The molecule has 0 unspecified atom stereocenters. The first kappa shape index (κ1) is 21.1. The molecule has 0 amide bonds. The second-order valence-corrected chi connectivity index (χ2v) is 7.43. The average Bonchev–Trinajstić information content (AvgIpc) is 2.23. The summed E-state index contributed by atoms with van der Waals surface area (Å²) in [5, 5.41) is 8.80. The zero-order chi connectivity index (χ0) is 17.4. The van der Waals surface area contributed by atoms with E-state index in [9.17, 15) is 4.79 Å². The third kappa shape index (κ3) is 11.7. The van der Waals surface area contributed by atoms with Gasteiger partial charge < -0.3 is 0 Å². The van der Waals surface area contributed by atoms with Crippen LogP contribution in [0.5, 0.6) is 0 Å². The Hall–Kier alpha value is -0.890. The molecular formula is C15H30O7. The third-order valence-electron chi connectivity index (χ3n) is 2.52. The van der Waals surface area contributed by atoms with Gasteiger partial charge in [-0.25, -0.2) is 9.78 Å². The van der Waals surface area contributed by atoms with Crippen LogP contribution < -0.4 is 0 Å². The maximum atomic E-state index is 11.2. The smallest absolute Gasteiger partial charge is 0.226 e. The summed E-state index contributed by atoms with van der Waals surface area (Å²) in [5.41, 5.74) is -1.18. The summed E-state index contributed by atoms with van der Waals surface area (Å²) < 4.78 is 0. The number of hydrogen-bond donors (Lipinski definition) is 0. The number of carbonyl (C=O) groups excluding carboxylic acids is 1. The maximum absolute atomic E-state index is 11.2. The first-order valence-corrected chi connectivity index (χ1v) is 7.52. The minimum Gasteiger partial charge on any atom is -0.226 e. The van der Waals surface area contributed by atoms with E-state index in [1.54, 1.807) is 0 Å². The fourth-order valence-corrected chi connectivity index (χ4v) is 2.32. The van der Waals surface area contributed by atoms with Crippen LogP contribution in [-0.4, -0.2) is 17.4 Å². The highest BCUT2D eigenvalue weighted by Gasteiger charge is 2.25.